The van der Waals surface area contributed by atoms with Crippen LogP contribution >= 0.6 is 0 Å². The number of methoxy groups -OCH3 is 1. The number of pyridine rings is 1. The molecule has 0 unspecified atom stereocenters. The smallest absolute Gasteiger partial charge is 0.259 e. The second kappa shape index (κ2) is 6.09. The van der Waals surface area contributed by atoms with Gasteiger partial charge in [-0.2, -0.15) is 0 Å². The van der Waals surface area contributed by atoms with Crippen molar-refractivity contribution < 1.29 is 17.9 Å². The summed E-state index contributed by atoms with van der Waals surface area (Å²) >= 11 is 0. The number of likely N-dealkylation sites (tertiary alicyclic amines) is 1. The van der Waals surface area contributed by atoms with Crippen LogP contribution in [-0.2, 0) is 22.9 Å². The van der Waals surface area contributed by atoms with Gasteiger partial charge in [0.25, 0.3) is 5.91 Å². The number of nitrogens with two attached hydrogens (primary N) is 1. The lowest BCUT2D eigenvalue weighted by atomic mass is 10.1. The summed E-state index contributed by atoms with van der Waals surface area (Å²) in [6.07, 6.45) is 3.53. The van der Waals surface area contributed by atoms with E-state index in [0.29, 0.717) is 31.0 Å². The highest BCUT2D eigenvalue weighted by Crippen LogP contribution is 2.29. The molecule has 0 radical (unpaired) electrons. The molecule has 126 valence electrons. The van der Waals surface area contributed by atoms with Crippen LogP contribution in [0.2, 0.25) is 0 Å². The summed E-state index contributed by atoms with van der Waals surface area (Å²) in [6.45, 7) is 0.925. The molecule has 0 aromatic carbocycles. The van der Waals surface area contributed by atoms with Crippen molar-refractivity contribution in [3.63, 3.8) is 0 Å². The summed E-state index contributed by atoms with van der Waals surface area (Å²) in [4.78, 5) is 18.9. The zero-order valence-electron chi connectivity index (χ0n) is 13.1. The fourth-order valence-corrected chi connectivity index (χ4v) is 4.34. The molecule has 2 N–H and O–H groups in total. The number of hydrogen-bond acceptors (Lipinski definition) is 5. The molecule has 1 amide bonds. The van der Waals surface area contributed by atoms with Crippen LogP contribution in [0, 0.1) is 5.92 Å². The highest BCUT2D eigenvalue weighted by Gasteiger charge is 2.31. The molecule has 1 aliphatic heterocycles. The number of carbonyl (C=O) groups excluding carboxylic acids is 1. The Morgan fingerprint density at radius 2 is 2.26 bits per heavy atom. The van der Waals surface area contributed by atoms with Gasteiger partial charge in [-0.05, 0) is 43.2 Å². The summed E-state index contributed by atoms with van der Waals surface area (Å²) in [6, 6.07) is 1.88. The summed E-state index contributed by atoms with van der Waals surface area (Å²) in [5, 5.41) is 5.09. The first-order valence-electron chi connectivity index (χ1n) is 7.74. The average molecular weight is 339 g/mol. The minimum absolute atomic E-state index is 0.0870. The van der Waals surface area contributed by atoms with Gasteiger partial charge in [-0.3, -0.25) is 4.79 Å². The predicted octanol–water partition coefficient (Wildman–Crippen LogP) is 0.330. The van der Waals surface area contributed by atoms with Gasteiger partial charge in [-0.1, -0.05) is 0 Å². The number of primary sulfonamides is 1. The van der Waals surface area contributed by atoms with Crippen LogP contribution in [0.4, 0.5) is 0 Å². The largest absolute Gasteiger partial charge is 0.480 e. The third kappa shape index (κ3) is 3.48. The van der Waals surface area contributed by atoms with Crippen molar-refractivity contribution in [2.45, 2.75) is 25.7 Å². The number of rotatable bonds is 4. The van der Waals surface area contributed by atoms with E-state index in [4.69, 9.17) is 9.88 Å². The fraction of sp³-hybridized carbons (Fsp3) is 0.600. The van der Waals surface area contributed by atoms with E-state index in [9.17, 15) is 13.2 Å². The van der Waals surface area contributed by atoms with E-state index in [1.807, 2.05) is 6.07 Å². The first-order valence-corrected chi connectivity index (χ1v) is 9.45. The van der Waals surface area contributed by atoms with Crippen molar-refractivity contribution in [3.05, 3.63) is 22.9 Å². The molecule has 1 atom stereocenters. The number of amides is 1. The second-order valence-corrected chi connectivity index (χ2v) is 7.90. The van der Waals surface area contributed by atoms with Gasteiger partial charge in [0.05, 0.1) is 12.9 Å². The van der Waals surface area contributed by atoms with E-state index in [-0.39, 0.29) is 17.6 Å². The maximum Gasteiger partial charge on any atom is 0.259 e. The van der Waals surface area contributed by atoms with Gasteiger partial charge >= 0.3 is 0 Å². The van der Waals surface area contributed by atoms with E-state index < -0.39 is 10.0 Å². The number of sulfonamides is 1. The van der Waals surface area contributed by atoms with Crippen LogP contribution in [0.3, 0.4) is 0 Å². The van der Waals surface area contributed by atoms with Crippen molar-refractivity contribution >= 4 is 15.9 Å². The van der Waals surface area contributed by atoms with E-state index in [1.165, 1.54) is 7.11 Å². The third-order valence-corrected chi connectivity index (χ3v) is 5.42. The van der Waals surface area contributed by atoms with Gasteiger partial charge in [0, 0.05) is 18.8 Å². The average Bonchev–Trinajstić information content (AvgIpc) is 3.11. The lowest BCUT2D eigenvalue weighted by molar-refractivity contribution is 0.0784. The molecule has 0 spiro atoms. The topological polar surface area (TPSA) is 103 Å². The molecule has 0 saturated carbocycles. The Balaban J connectivity index is 1.79. The van der Waals surface area contributed by atoms with Crippen LogP contribution in [0.5, 0.6) is 5.88 Å². The third-order valence-electron chi connectivity index (χ3n) is 4.48. The molecule has 7 nitrogen and oxygen atoms in total. The maximum absolute atomic E-state index is 12.8. The molecule has 23 heavy (non-hydrogen) atoms. The molecule has 2 heterocycles. The number of hydrogen-bond donors (Lipinski definition) is 1. The molecule has 8 heteroatoms. The molecule has 1 aromatic heterocycles. The molecular weight excluding hydrogens is 318 g/mol. The normalized spacial score (nSPS) is 20.6. The zero-order chi connectivity index (χ0) is 16.6. The quantitative estimate of drug-likeness (QED) is 0.851. The highest BCUT2D eigenvalue weighted by molar-refractivity contribution is 7.89. The van der Waals surface area contributed by atoms with Gasteiger partial charge in [-0.15, -0.1) is 0 Å². The SMILES string of the molecule is COc1nc2c(cc1C(=O)N1CC[C@@H](CS(N)(=O)=O)C1)CCC2. The standard InChI is InChI=1S/C15H21N3O4S/c1-22-14-12(7-11-3-2-4-13(11)17-14)15(19)18-6-5-10(8-18)9-23(16,20)21/h7,10H,2-6,8-9H2,1H3,(H2,16,20,21)/t10-/m1/s1. The van der Waals surface area contributed by atoms with Crippen LogP contribution in [0.15, 0.2) is 6.07 Å². The number of ether oxygens (including phenoxy) is 1. The van der Waals surface area contributed by atoms with Crippen molar-refractivity contribution in [1.29, 1.82) is 0 Å². The molecule has 1 fully saturated rings. The minimum Gasteiger partial charge on any atom is -0.480 e. The van der Waals surface area contributed by atoms with Gasteiger partial charge in [0.2, 0.25) is 15.9 Å². The first-order chi connectivity index (χ1) is 10.9. The zero-order valence-corrected chi connectivity index (χ0v) is 13.9. The van der Waals surface area contributed by atoms with Crippen molar-refractivity contribution in [2.75, 3.05) is 26.0 Å². The first kappa shape index (κ1) is 16.2. The summed E-state index contributed by atoms with van der Waals surface area (Å²) < 4.78 is 27.7. The predicted molar refractivity (Wildman–Crippen MR) is 84.8 cm³/mol. The Morgan fingerprint density at radius 1 is 1.48 bits per heavy atom. The molecule has 1 saturated heterocycles. The molecule has 3 rings (SSSR count). The molecule has 1 aliphatic carbocycles. The van der Waals surface area contributed by atoms with Crippen molar-refractivity contribution in [2.24, 2.45) is 11.1 Å². The van der Waals surface area contributed by atoms with Gasteiger partial charge in [0.1, 0.15) is 5.56 Å². The van der Waals surface area contributed by atoms with E-state index in [2.05, 4.69) is 4.98 Å². The number of fused-ring (bicyclic) bond motifs is 1. The second-order valence-electron chi connectivity index (χ2n) is 6.24. The Labute approximate surface area is 135 Å². The molecule has 1 aromatic rings. The Hall–Kier alpha value is -1.67. The number of aromatic nitrogens is 1. The van der Waals surface area contributed by atoms with Crippen molar-refractivity contribution in [3.8, 4) is 5.88 Å². The van der Waals surface area contributed by atoms with Gasteiger partial charge in [-0.25, -0.2) is 18.5 Å². The van der Waals surface area contributed by atoms with Gasteiger partial charge in [0.15, 0.2) is 0 Å². The minimum atomic E-state index is -3.52. The van der Waals surface area contributed by atoms with E-state index >= 15 is 0 Å². The van der Waals surface area contributed by atoms with Crippen LogP contribution in [0.25, 0.3) is 0 Å². The number of nitrogens with zero attached hydrogens (tertiary/aromatic N) is 2. The summed E-state index contributed by atoms with van der Waals surface area (Å²) in [5.41, 5.74) is 2.57. The molecule has 2 aliphatic rings. The molecule has 0 bridgehead atoms. The van der Waals surface area contributed by atoms with Crippen LogP contribution in [-0.4, -0.2) is 50.2 Å². The van der Waals surface area contributed by atoms with Crippen molar-refractivity contribution in [1.82, 2.24) is 9.88 Å². The molecular formula is C15H21N3O4S. The highest BCUT2D eigenvalue weighted by atomic mass is 32.2. The lowest BCUT2D eigenvalue weighted by Gasteiger charge is -2.18. The Morgan fingerprint density at radius 3 is 2.96 bits per heavy atom. The van der Waals surface area contributed by atoms with E-state index in [1.54, 1.807) is 4.90 Å². The Bertz CT molecular complexity index is 732. The fourth-order valence-electron chi connectivity index (χ4n) is 3.41. The summed E-state index contributed by atoms with van der Waals surface area (Å²) in [5.74, 6) is 0.00457. The number of aryl methyl sites for hydroxylation is 2. The van der Waals surface area contributed by atoms with Crippen LogP contribution < -0.4 is 9.88 Å². The lowest BCUT2D eigenvalue weighted by Crippen LogP contribution is -2.31. The van der Waals surface area contributed by atoms with Crippen LogP contribution in [0.1, 0.15) is 34.5 Å². The van der Waals surface area contributed by atoms with Gasteiger partial charge < -0.3 is 9.64 Å². The number of carbonyl (C=O) groups is 1. The maximum atomic E-state index is 12.8. The van der Waals surface area contributed by atoms with E-state index in [0.717, 1.165) is 30.5 Å². The monoisotopic (exact) mass is 339 g/mol. The Kier molecular flexibility index (Phi) is 4.29. The summed E-state index contributed by atoms with van der Waals surface area (Å²) in [7, 11) is -2.01.